The topological polar surface area (TPSA) is 91.3 Å². The Morgan fingerprint density at radius 1 is 0.596 bits per heavy atom. The lowest BCUT2D eigenvalue weighted by molar-refractivity contribution is -0.870. The highest BCUT2D eigenvalue weighted by Crippen LogP contribution is 2.43. The van der Waals surface area contributed by atoms with Crippen molar-refractivity contribution in [2.45, 2.75) is 193 Å². The summed E-state index contributed by atoms with van der Waals surface area (Å²) in [5.41, 5.74) is 0. The molecule has 0 fully saturated rings. The molecular formula is C43H85NO7P+. The number of phosphoric acid groups is 1. The van der Waals surface area contributed by atoms with E-state index in [0.717, 1.165) is 44.9 Å². The van der Waals surface area contributed by atoms with Crippen LogP contribution in [0, 0.1) is 0 Å². The van der Waals surface area contributed by atoms with E-state index in [1.165, 1.54) is 122 Å². The predicted octanol–water partition coefficient (Wildman–Crippen LogP) is 12.4. The van der Waals surface area contributed by atoms with Gasteiger partial charge in [-0.05, 0) is 44.9 Å². The number of carbonyl (C=O) groups excluding carboxylic acids is 1. The van der Waals surface area contributed by atoms with Crippen LogP contribution in [-0.4, -0.2) is 75.6 Å². The van der Waals surface area contributed by atoms with Crippen LogP contribution in [0.3, 0.4) is 0 Å². The maximum atomic E-state index is 12.7. The van der Waals surface area contributed by atoms with Crippen LogP contribution in [0.1, 0.15) is 187 Å². The Kier molecular flexibility index (Phi) is 36.2. The van der Waals surface area contributed by atoms with Gasteiger partial charge in [0.1, 0.15) is 19.3 Å². The van der Waals surface area contributed by atoms with Crippen molar-refractivity contribution in [3.05, 3.63) is 24.3 Å². The Hall–Kier alpha value is -1.02. The van der Waals surface area contributed by atoms with E-state index in [2.05, 4.69) is 38.2 Å². The van der Waals surface area contributed by atoms with Crippen LogP contribution < -0.4 is 0 Å². The number of rotatable bonds is 40. The fraction of sp³-hybridized carbons (Fsp3) is 0.884. The molecule has 0 radical (unpaired) electrons. The Balaban J connectivity index is 4.24. The number of ether oxygens (including phenoxy) is 2. The fourth-order valence-corrected chi connectivity index (χ4v) is 6.62. The van der Waals surface area contributed by atoms with Gasteiger partial charge in [0.05, 0.1) is 34.4 Å². The average Bonchev–Trinajstić information content (AvgIpc) is 3.09. The third-order valence-corrected chi connectivity index (χ3v) is 10.2. The first-order chi connectivity index (χ1) is 25.1. The molecule has 52 heavy (non-hydrogen) atoms. The second kappa shape index (κ2) is 36.9. The monoisotopic (exact) mass is 759 g/mol. The van der Waals surface area contributed by atoms with E-state index in [0.29, 0.717) is 24.1 Å². The first-order valence-electron chi connectivity index (χ1n) is 21.6. The van der Waals surface area contributed by atoms with Crippen molar-refractivity contribution in [3.8, 4) is 0 Å². The summed E-state index contributed by atoms with van der Waals surface area (Å²) in [6.07, 6.45) is 40.5. The molecule has 0 bridgehead atoms. The van der Waals surface area contributed by atoms with Crippen LogP contribution in [0.5, 0.6) is 0 Å². The average molecular weight is 759 g/mol. The van der Waals surface area contributed by atoms with Crippen molar-refractivity contribution < 1.29 is 37.3 Å². The van der Waals surface area contributed by atoms with E-state index >= 15 is 0 Å². The number of hydrogen-bond acceptors (Lipinski definition) is 6. The molecule has 0 aromatic heterocycles. The Morgan fingerprint density at radius 3 is 1.60 bits per heavy atom. The second-order valence-electron chi connectivity index (χ2n) is 15.7. The summed E-state index contributed by atoms with van der Waals surface area (Å²) in [6, 6.07) is 0. The Labute approximate surface area is 322 Å². The first kappa shape index (κ1) is 51.0. The highest BCUT2D eigenvalue weighted by atomic mass is 31.2. The summed E-state index contributed by atoms with van der Waals surface area (Å²) in [7, 11) is 1.67. The molecule has 9 heteroatoms. The molecule has 0 rings (SSSR count). The van der Waals surface area contributed by atoms with Crippen molar-refractivity contribution in [1.82, 2.24) is 0 Å². The van der Waals surface area contributed by atoms with Gasteiger partial charge in [0.2, 0.25) is 0 Å². The molecule has 0 heterocycles. The van der Waals surface area contributed by atoms with Gasteiger partial charge in [-0.2, -0.15) is 0 Å². The molecule has 2 unspecified atom stereocenters. The zero-order chi connectivity index (χ0) is 38.4. The maximum Gasteiger partial charge on any atom is 0.472 e. The molecule has 0 spiro atoms. The minimum Gasteiger partial charge on any atom is -0.457 e. The Morgan fingerprint density at radius 2 is 1.06 bits per heavy atom. The number of allylic oxidation sites excluding steroid dienone is 4. The minimum absolute atomic E-state index is 0.0887. The highest BCUT2D eigenvalue weighted by molar-refractivity contribution is 7.47. The zero-order valence-electron chi connectivity index (χ0n) is 34.8. The fourth-order valence-electron chi connectivity index (χ4n) is 5.88. The predicted molar refractivity (Wildman–Crippen MR) is 220 cm³/mol. The molecule has 0 saturated carbocycles. The van der Waals surface area contributed by atoms with E-state index in [1.807, 2.05) is 21.1 Å². The summed E-state index contributed by atoms with van der Waals surface area (Å²) < 4.78 is 35.0. The molecule has 2 atom stereocenters. The summed E-state index contributed by atoms with van der Waals surface area (Å²) >= 11 is 0. The first-order valence-corrected chi connectivity index (χ1v) is 23.1. The van der Waals surface area contributed by atoms with Crippen molar-refractivity contribution in [1.29, 1.82) is 0 Å². The van der Waals surface area contributed by atoms with Gasteiger partial charge >= 0.3 is 13.8 Å². The zero-order valence-corrected chi connectivity index (χ0v) is 35.7. The van der Waals surface area contributed by atoms with Gasteiger partial charge in [0.15, 0.2) is 0 Å². The van der Waals surface area contributed by atoms with Gasteiger partial charge in [-0.25, -0.2) is 4.57 Å². The largest absolute Gasteiger partial charge is 0.472 e. The highest BCUT2D eigenvalue weighted by Gasteiger charge is 2.26. The van der Waals surface area contributed by atoms with Crippen LogP contribution in [0.15, 0.2) is 24.3 Å². The van der Waals surface area contributed by atoms with E-state index in [1.54, 1.807) is 0 Å². The van der Waals surface area contributed by atoms with Crippen LogP contribution >= 0.6 is 7.82 Å². The van der Waals surface area contributed by atoms with Gasteiger partial charge in [0.25, 0.3) is 0 Å². The van der Waals surface area contributed by atoms with Crippen molar-refractivity contribution in [2.24, 2.45) is 0 Å². The van der Waals surface area contributed by atoms with E-state index in [9.17, 15) is 14.3 Å². The van der Waals surface area contributed by atoms with Crippen LogP contribution in [0.4, 0.5) is 0 Å². The number of hydrogen-bond donors (Lipinski definition) is 1. The molecule has 1 N–H and O–H groups in total. The molecule has 0 aromatic rings. The number of quaternary nitrogens is 1. The molecule has 8 nitrogen and oxygen atoms in total. The van der Waals surface area contributed by atoms with Crippen molar-refractivity contribution >= 4 is 13.8 Å². The lowest BCUT2D eigenvalue weighted by Crippen LogP contribution is -2.37. The molecule has 0 aromatic carbocycles. The van der Waals surface area contributed by atoms with Gasteiger partial charge in [-0.1, -0.05) is 160 Å². The van der Waals surface area contributed by atoms with E-state index in [4.69, 9.17) is 18.5 Å². The van der Waals surface area contributed by atoms with Gasteiger partial charge in [-0.3, -0.25) is 13.8 Å². The molecule has 0 aliphatic rings. The molecule has 0 saturated heterocycles. The maximum absolute atomic E-state index is 12.7. The number of nitrogens with zero attached hydrogens (tertiary/aromatic N) is 1. The third kappa shape index (κ3) is 40.2. The lowest BCUT2D eigenvalue weighted by atomic mass is 10.0. The number of unbranched alkanes of at least 4 members (excludes halogenated alkanes) is 22. The van der Waals surface area contributed by atoms with Gasteiger partial charge < -0.3 is 18.9 Å². The molecule has 0 aliphatic heterocycles. The number of carbonyl (C=O) groups is 1. The molecule has 0 amide bonds. The number of likely N-dealkylation sites (N-methyl/N-ethyl adjacent to an activating group) is 1. The summed E-state index contributed by atoms with van der Waals surface area (Å²) in [5, 5.41) is 0. The van der Waals surface area contributed by atoms with Crippen LogP contribution in [0.2, 0.25) is 0 Å². The summed E-state index contributed by atoms with van der Waals surface area (Å²) in [5.74, 6) is -0.320. The van der Waals surface area contributed by atoms with E-state index < -0.39 is 13.9 Å². The number of phosphoric ester groups is 1. The molecule has 308 valence electrons. The molecular weight excluding hydrogens is 673 g/mol. The number of esters is 1. The molecule has 0 aliphatic carbocycles. The minimum atomic E-state index is -4.27. The summed E-state index contributed by atoms with van der Waals surface area (Å²) in [4.78, 5) is 22.9. The van der Waals surface area contributed by atoms with Gasteiger partial charge in [-0.15, -0.1) is 0 Å². The van der Waals surface area contributed by atoms with Crippen molar-refractivity contribution in [3.63, 3.8) is 0 Å². The van der Waals surface area contributed by atoms with Crippen molar-refractivity contribution in [2.75, 3.05) is 54.1 Å². The van der Waals surface area contributed by atoms with Crippen LogP contribution in [0.25, 0.3) is 0 Å². The second-order valence-corrected chi connectivity index (χ2v) is 17.2. The third-order valence-electron chi connectivity index (χ3n) is 9.27. The standard InChI is InChI=1S/C43H84NO7P/c1-6-8-10-12-14-16-18-20-21-22-23-24-26-28-30-32-34-36-43(45)51-42(41-50-52(46,47)49-39-37-44(3,4)5)40-48-38-35-33-31-29-27-25-19-17-15-13-11-9-7-2/h14,16,20-21,42H,6-13,15,17-19,22-41H2,1-5H3/p+1/b16-14-,21-20-. The normalized spacial score (nSPS) is 14.0. The summed E-state index contributed by atoms with van der Waals surface area (Å²) in [6.45, 7) is 5.61. The van der Waals surface area contributed by atoms with Crippen LogP contribution in [-0.2, 0) is 27.9 Å². The van der Waals surface area contributed by atoms with E-state index in [-0.39, 0.29) is 25.8 Å². The smallest absolute Gasteiger partial charge is 0.457 e. The lowest BCUT2D eigenvalue weighted by Gasteiger charge is -2.24. The SMILES string of the molecule is CCCCC/C=C\C/C=C\CCCCCCCCCC(=O)OC(COCCCCCCCCCCCCCCC)COP(=O)(O)OCC[N+](C)(C)C. The Bertz CT molecular complexity index is 889. The quantitative estimate of drug-likeness (QED) is 0.0219. The van der Waals surface area contributed by atoms with Gasteiger partial charge in [0, 0.05) is 13.0 Å².